The number of aryl methyl sites for hydroxylation is 1. The van der Waals surface area contributed by atoms with Gasteiger partial charge in [0.05, 0.1) is 12.6 Å². The van der Waals surface area contributed by atoms with Crippen LogP contribution in [0.4, 0.5) is 0 Å². The average Bonchev–Trinajstić information content (AvgIpc) is 2.59. The third-order valence-electron chi connectivity index (χ3n) is 3.83. The first-order valence-electron chi connectivity index (χ1n) is 8.25. The van der Waals surface area contributed by atoms with Crippen molar-refractivity contribution in [3.8, 4) is 5.75 Å². The number of amides is 1. The van der Waals surface area contributed by atoms with Crippen molar-refractivity contribution in [1.82, 2.24) is 5.32 Å². The molecule has 122 valence electrons. The van der Waals surface area contributed by atoms with Crippen LogP contribution in [-0.2, 0) is 11.2 Å². The van der Waals surface area contributed by atoms with Gasteiger partial charge in [0.1, 0.15) is 5.75 Å². The molecular formula is C20H25NO2. The molecular weight excluding hydrogens is 286 g/mol. The van der Waals surface area contributed by atoms with Crippen molar-refractivity contribution in [1.29, 1.82) is 0 Å². The fourth-order valence-electron chi connectivity index (χ4n) is 2.38. The van der Waals surface area contributed by atoms with Crippen LogP contribution in [-0.4, -0.2) is 12.5 Å². The van der Waals surface area contributed by atoms with Gasteiger partial charge in [-0.3, -0.25) is 4.79 Å². The van der Waals surface area contributed by atoms with Crippen molar-refractivity contribution in [3.05, 3.63) is 65.7 Å². The molecule has 0 unspecified atom stereocenters. The highest BCUT2D eigenvalue weighted by Crippen LogP contribution is 2.14. The van der Waals surface area contributed by atoms with Crippen LogP contribution < -0.4 is 10.1 Å². The lowest BCUT2D eigenvalue weighted by Gasteiger charge is -2.15. The maximum absolute atomic E-state index is 12.0. The van der Waals surface area contributed by atoms with E-state index in [4.69, 9.17) is 4.74 Å². The summed E-state index contributed by atoms with van der Waals surface area (Å²) in [6, 6.07) is 18.1. The zero-order valence-electron chi connectivity index (χ0n) is 13.9. The summed E-state index contributed by atoms with van der Waals surface area (Å²) in [5.41, 5.74) is 2.45. The van der Waals surface area contributed by atoms with Crippen LogP contribution in [0.2, 0.25) is 0 Å². The maximum atomic E-state index is 12.0. The number of para-hydroxylation sites is 1. The largest absolute Gasteiger partial charge is 0.494 e. The van der Waals surface area contributed by atoms with Gasteiger partial charge in [0.25, 0.3) is 0 Å². The van der Waals surface area contributed by atoms with Crippen molar-refractivity contribution in [2.75, 3.05) is 6.61 Å². The van der Waals surface area contributed by atoms with Crippen molar-refractivity contribution in [2.24, 2.45) is 0 Å². The summed E-state index contributed by atoms with van der Waals surface area (Å²) in [5, 5.41) is 3.04. The van der Waals surface area contributed by atoms with Crippen molar-refractivity contribution in [2.45, 2.75) is 39.2 Å². The molecule has 0 aromatic heterocycles. The summed E-state index contributed by atoms with van der Waals surface area (Å²) in [5.74, 6) is 0.908. The van der Waals surface area contributed by atoms with E-state index in [-0.39, 0.29) is 11.9 Å². The van der Waals surface area contributed by atoms with Crippen molar-refractivity contribution in [3.63, 3.8) is 0 Å². The number of carbonyl (C=O) groups excluding carboxylic acids is 1. The molecule has 0 aliphatic carbocycles. The van der Waals surface area contributed by atoms with Crippen LogP contribution in [0.1, 0.15) is 43.9 Å². The third kappa shape index (κ3) is 5.78. The Bertz CT molecular complexity index is 593. The summed E-state index contributed by atoms with van der Waals surface area (Å²) < 4.78 is 5.59. The van der Waals surface area contributed by atoms with Gasteiger partial charge in [0.2, 0.25) is 5.91 Å². The van der Waals surface area contributed by atoms with Crippen LogP contribution in [0.5, 0.6) is 5.75 Å². The smallest absolute Gasteiger partial charge is 0.220 e. The van der Waals surface area contributed by atoms with E-state index in [0.29, 0.717) is 19.4 Å². The topological polar surface area (TPSA) is 38.3 Å². The molecule has 2 aromatic carbocycles. The second-order valence-corrected chi connectivity index (χ2v) is 5.65. The van der Waals surface area contributed by atoms with Crippen LogP contribution in [0.15, 0.2) is 54.6 Å². The molecule has 0 heterocycles. The molecule has 0 bridgehead atoms. The Labute approximate surface area is 138 Å². The first-order chi connectivity index (χ1) is 11.2. The number of carbonyl (C=O) groups is 1. The molecule has 0 saturated carbocycles. The Balaban J connectivity index is 1.69. The van der Waals surface area contributed by atoms with Gasteiger partial charge < -0.3 is 10.1 Å². The predicted molar refractivity (Wildman–Crippen MR) is 93.5 cm³/mol. The van der Waals surface area contributed by atoms with E-state index in [1.54, 1.807) is 0 Å². The summed E-state index contributed by atoms with van der Waals surface area (Å²) >= 11 is 0. The number of benzene rings is 2. The number of nitrogens with one attached hydrogen (secondary N) is 1. The van der Waals surface area contributed by atoms with E-state index in [1.807, 2.05) is 37.3 Å². The zero-order valence-corrected chi connectivity index (χ0v) is 13.9. The molecule has 0 saturated heterocycles. The van der Waals surface area contributed by atoms with Gasteiger partial charge in [-0.2, -0.15) is 0 Å². The summed E-state index contributed by atoms with van der Waals surface area (Å²) in [6.45, 7) is 4.70. The Morgan fingerprint density at radius 1 is 1.09 bits per heavy atom. The van der Waals surface area contributed by atoms with E-state index in [9.17, 15) is 4.79 Å². The van der Waals surface area contributed by atoms with Gasteiger partial charge in [-0.15, -0.1) is 0 Å². The highest BCUT2D eigenvalue weighted by molar-refractivity contribution is 5.76. The summed E-state index contributed by atoms with van der Waals surface area (Å²) in [7, 11) is 0. The van der Waals surface area contributed by atoms with E-state index in [2.05, 4.69) is 36.5 Å². The molecule has 0 fully saturated rings. The first-order valence-corrected chi connectivity index (χ1v) is 8.25. The molecule has 1 N–H and O–H groups in total. The van der Waals surface area contributed by atoms with Gasteiger partial charge in [-0.1, -0.05) is 49.4 Å². The second-order valence-electron chi connectivity index (χ2n) is 5.65. The van der Waals surface area contributed by atoms with Gasteiger partial charge in [-0.05, 0) is 43.0 Å². The minimum atomic E-state index is 0.0310. The lowest BCUT2D eigenvalue weighted by molar-refractivity contribution is -0.121. The molecule has 2 rings (SSSR count). The fourth-order valence-corrected chi connectivity index (χ4v) is 2.38. The predicted octanol–water partition coefficient (Wildman–Crippen LogP) is 4.29. The number of hydrogen-bond acceptors (Lipinski definition) is 2. The summed E-state index contributed by atoms with van der Waals surface area (Å²) in [4.78, 5) is 12.0. The normalized spacial score (nSPS) is 11.7. The highest BCUT2D eigenvalue weighted by atomic mass is 16.5. The van der Waals surface area contributed by atoms with Gasteiger partial charge in [-0.25, -0.2) is 0 Å². The van der Waals surface area contributed by atoms with Crippen LogP contribution >= 0.6 is 0 Å². The molecule has 3 nitrogen and oxygen atoms in total. The molecule has 1 amide bonds. The molecule has 23 heavy (non-hydrogen) atoms. The number of rotatable bonds is 8. The van der Waals surface area contributed by atoms with E-state index in [0.717, 1.165) is 17.7 Å². The fraction of sp³-hybridized carbons (Fsp3) is 0.350. The Kier molecular flexibility index (Phi) is 6.67. The van der Waals surface area contributed by atoms with Crippen molar-refractivity contribution < 1.29 is 9.53 Å². The average molecular weight is 311 g/mol. The Morgan fingerprint density at radius 2 is 1.78 bits per heavy atom. The van der Waals surface area contributed by atoms with Crippen LogP contribution in [0.25, 0.3) is 0 Å². The molecule has 1 atom stereocenters. The first kappa shape index (κ1) is 17.1. The molecule has 0 spiro atoms. The summed E-state index contributed by atoms with van der Waals surface area (Å²) in [6.07, 6.45) is 2.22. The Morgan fingerprint density at radius 3 is 2.43 bits per heavy atom. The van der Waals surface area contributed by atoms with Crippen LogP contribution in [0, 0.1) is 0 Å². The monoisotopic (exact) mass is 311 g/mol. The van der Waals surface area contributed by atoms with E-state index >= 15 is 0 Å². The molecule has 0 aliphatic rings. The lowest BCUT2D eigenvalue weighted by atomic mass is 10.0. The number of hydrogen-bond donors (Lipinski definition) is 1. The molecule has 2 aromatic rings. The van der Waals surface area contributed by atoms with Crippen LogP contribution in [0.3, 0.4) is 0 Å². The van der Waals surface area contributed by atoms with E-state index < -0.39 is 0 Å². The SMILES string of the molecule is CCc1ccc([C@@H](C)NC(=O)CCCOc2ccccc2)cc1. The third-order valence-corrected chi connectivity index (χ3v) is 3.83. The van der Waals surface area contributed by atoms with Gasteiger partial charge in [0.15, 0.2) is 0 Å². The minimum Gasteiger partial charge on any atom is -0.494 e. The lowest BCUT2D eigenvalue weighted by Crippen LogP contribution is -2.26. The minimum absolute atomic E-state index is 0.0310. The van der Waals surface area contributed by atoms with E-state index in [1.165, 1.54) is 5.56 Å². The standard InChI is InChI=1S/C20H25NO2/c1-3-17-11-13-18(14-12-17)16(2)21-20(22)10-7-15-23-19-8-5-4-6-9-19/h4-6,8-9,11-14,16H,3,7,10,15H2,1-2H3,(H,21,22)/t16-/m1/s1. The van der Waals surface area contributed by atoms with Gasteiger partial charge in [0, 0.05) is 6.42 Å². The van der Waals surface area contributed by atoms with Crippen molar-refractivity contribution >= 4 is 5.91 Å². The zero-order chi connectivity index (χ0) is 16.5. The number of ether oxygens (including phenoxy) is 1. The Hall–Kier alpha value is -2.29. The highest BCUT2D eigenvalue weighted by Gasteiger charge is 2.09. The quantitative estimate of drug-likeness (QED) is 0.739. The maximum Gasteiger partial charge on any atom is 0.220 e. The van der Waals surface area contributed by atoms with Gasteiger partial charge >= 0.3 is 0 Å². The second kappa shape index (κ2) is 8.99. The molecule has 0 radical (unpaired) electrons. The molecule has 3 heteroatoms. The molecule has 0 aliphatic heterocycles.